The molecular formula is C14H18FN3O. The van der Waals surface area contributed by atoms with Gasteiger partial charge >= 0.3 is 0 Å². The summed E-state index contributed by atoms with van der Waals surface area (Å²) in [5.74, 6) is -0.484. The number of nitrogens with one attached hydrogen (secondary N) is 2. The maximum atomic E-state index is 13.8. The summed E-state index contributed by atoms with van der Waals surface area (Å²) in [5.41, 5.74) is 1.17. The number of fused-ring (bicyclic) bond motifs is 1. The summed E-state index contributed by atoms with van der Waals surface area (Å²) in [7, 11) is 0. The third-order valence-electron chi connectivity index (χ3n) is 3.92. The fourth-order valence-corrected chi connectivity index (χ4v) is 2.92. The maximum absolute atomic E-state index is 13.8. The fourth-order valence-electron chi connectivity index (χ4n) is 2.92. The van der Waals surface area contributed by atoms with Crippen LogP contribution in [0.3, 0.4) is 0 Å². The molecule has 0 bridgehead atoms. The molecule has 4 nitrogen and oxygen atoms in total. The summed E-state index contributed by atoms with van der Waals surface area (Å²) >= 11 is 0. The molecule has 5 heteroatoms. The Morgan fingerprint density at radius 1 is 1.47 bits per heavy atom. The van der Waals surface area contributed by atoms with Gasteiger partial charge < -0.3 is 10.4 Å². The van der Waals surface area contributed by atoms with Crippen LogP contribution in [-0.4, -0.2) is 26.9 Å². The maximum Gasteiger partial charge on any atom is 0.217 e. The van der Waals surface area contributed by atoms with Crippen LogP contribution < -0.4 is 5.32 Å². The lowest BCUT2D eigenvalue weighted by Crippen LogP contribution is -2.40. The van der Waals surface area contributed by atoms with Gasteiger partial charge in [0.15, 0.2) is 0 Å². The Morgan fingerprint density at radius 2 is 2.26 bits per heavy atom. The smallest absolute Gasteiger partial charge is 0.217 e. The van der Waals surface area contributed by atoms with E-state index in [1.807, 2.05) is 0 Å². The van der Waals surface area contributed by atoms with Crippen LogP contribution in [0.4, 0.5) is 4.39 Å². The van der Waals surface area contributed by atoms with E-state index in [2.05, 4.69) is 29.4 Å². The van der Waals surface area contributed by atoms with Gasteiger partial charge in [-0.1, -0.05) is 12.1 Å². The molecule has 1 aromatic carbocycles. The number of aliphatic hydroxyl groups excluding tert-OH is 1. The molecule has 2 atom stereocenters. The van der Waals surface area contributed by atoms with Crippen molar-refractivity contribution in [2.45, 2.75) is 44.4 Å². The normalized spacial score (nSPS) is 23.9. The predicted octanol–water partition coefficient (Wildman–Crippen LogP) is 2.27. The third kappa shape index (κ3) is 2.13. The van der Waals surface area contributed by atoms with Gasteiger partial charge in [-0.25, -0.2) is 0 Å². The minimum Gasteiger partial charge on any atom is -0.387 e. The van der Waals surface area contributed by atoms with Crippen LogP contribution in [0.5, 0.6) is 0 Å². The van der Waals surface area contributed by atoms with Crippen molar-refractivity contribution in [3.63, 3.8) is 0 Å². The van der Waals surface area contributed by atoms with Crippen LogP contribution >= 0.6 is 0 Å². The Balaban J connectivity index is 1.98. The van der Waals surface area contributed by atoms with Crippen molar-refractivity contribution in [3.8, 4) is 0 Å². The Kier molecular flexibility index (Phi) is 2.83. The lowest BCUT2D eigenvalue weighted by molar-refractivity contribution is 0.133. The summed E-state index contributed by atoms with van der Waals surface area (Å²) in [6.45, 7) is 4.22. The monoisotopic (exact) mass is 263 g/mol. The summed E-state index contributed by atoms with van der Waals surface area (Å²) in [6.07, 6.45) is 1.15. The summed E-state index contributed by atoms with van der Waals surface area (Å²) in [4.78, 5) is 0. The Bertz CT molecular complexity index is 608. The van der Waals surface area contributed by atoms with E-state index in [1.54, 1.807) is 18.2 Å². The van der Waals surface area contributed by atoms with Crippen LogP contribution in [0.15, 0.2) is 18.2 Å². The standard InChI is InChI=1S/C14H18FN3O/c1-14(2)7-6-10(16-14)12(19)8-4-3-5-9-11(8)13(15)18-17-9/h3-5,10,12,16,19H,6-7H2,1-2H3,(H,17,18)/t10-,12+/m0/s1. The molecular weight excluding hydrogens is 245 g/mol. The SMILES string of the molecule is CC1(C)CC[C@@H]([C@H](O)c2cccc3n[nH]c(F)c23)N1. The van der Waals surface area contributed by atoms with E-state index in [-0.39, 0.29) is 11.6 Å². The van der Waals surface area contributed by atoms with Gasteiger partial charge in [-0.2, -0.15) is 9.49 Å². The molecule has 102 valence electrons. The van der Waals surface area contributed by atoms with Crippen LogP contribution in [-0.2, 0) is 0 Å². The molecule has 0 spiro atoms. The van der Waals surface area contributed by atoms with Crippen molar-refractivity contribution < 1.29 is 9.50 Å². The lowest BCUT2D eigenvalue weighted by atomic mass is 9.97. The van der Waals surface area contributed by atoms with Gasteiger partial charge in [-0.05, 0) is 38.3 Å². The first-order valence-corrected chi connectivity index (χ1v) is 6.56. The molecule has 1 fully saturated rings. The van der Waals surface area contributed by atoms with Gasteiger partial charge in [-0.15, -0.1) is 0 Å². The molecule has 0 amide bonds. The first-order chi connectivity index (χ1) is 8.98. The van der Waals surface area contributed by atoms with Crippen molar-refractivity contribution in [1.82, 2.24) is 15.5 Å². The van der Waals surface area contributed by atoms with Crippen molar-refractivity contribution >= 4 is 10.9 Å². The number of benzene rings is 1. The quantitative estimate of drug-likeness (QED) is 0.779. The summed E-state index contributed by atoms with van der Waals surface area (Å²) in [6, 6.07) is 5.24. The topological polar surface area (TPSA) is 60.9 Å². The molecule has 0 radical (unpaired) electrons. The molecule has 0 aliphatic carbocycles. The highest BCUT2D eigenvalue weighted by Gasteiger charge is 2.35. The Labute approximate surface area is 111 Å². The summed E-state index contributed by atoms with van der Waals surface area (Å²) in [5, 5.41) is 20.5. The van der Waals surface area contributed by atoms with Gasteiger partial charge in [0.1, 0.15) is 0 Å². The van der Waals surface area contributed by atoms with E-state index >= 15 is 0 Å². The number of aromatic nitrogens is 2. The van der Waals surface area contributed by atoms with E-state index in [0.29, 0.717) is 16.5 Å². The average molecular weight is 263 g/mol. The van der Waals surface area contributed by atoms with E-state index in [4.69, 9.17) is 0 Å². The van der Waals surface area contributed by atoms with Gasteiger partial charge in [0, 0.05) is 11.6 Å². The van der Waals surface area contributed by atoms with E-state index < -0.39 is 12.1 Å². The van der Waals surface area contributed by atoms with Gasteiger partial charge in [0.2, 0.25) is 5.95 Å². The number of aromatic amines is 1. The first-order valence-electron chi connectivity index (χ1n) is 6.56. The van der Waals surface area contributed by atoms with Gasteiger partial charge in [-0.3, -0.25) is 5.10 Å². The first kappa shape index (κ1) is 12.6. The molecule has 0 saturated carbocycles. The third-order valence-corrected chi connectivity index (χ3v) is 3.92. The Hall–Kier alpha value is -1.46. The second kappa shape index (κ2) is 4.28. The number of hydrogen-bond acceptors (Lipinski definition) is 3. The van der Waals surface area contributed by atoms with Gasteiger partial charge in [0.05, 0.1) is 17.0 Å². The number of rotatable bonds is 2. The number of H-pyrrole nitrogens is 1. The molecule has 2 heterocycles. The molecule has 3 rings (SSSR count). The predicted molar refractivity (Wildman–Crippen MR) is 71.2 cm³/mol. The molecule has 1 aliphatic heterocycles. The van der Waals surface area contributed by atoms with E-state index in [1.165, 1.54) is 0 Å². The number of halogens is 1. The lowest BCUT2D eigenvalue weighted by Gasteiger charge is -2.24. The highest BCUT2D eigenvalue weighted by atomic mass is 19.1. The molecule has 0 unspecified atom stereocenters. The van der Waals surface area contributed by atoms with Crippen molar-refractivity contribution in [2.24, 2.45) is 0 Å². The molecule has 1 aromatic heterocycles. The number of hydrogen-bond donors (Lipinski definition) is 3. The van der Waals surface area contributed by atoms with Crippen molar-refractivity contribution in [3.05, 3.63) is 29.7 Å². The summed E-state index contributed by atoms with van der Waals surface area (Å²) < 4.78 is 13.8. The Morgan fingerprint density at radius 3 is 2.95 bits per heavy atom. The molecule has 1 aliphatic rings. The minimum absolute atomic E-state index is 0.0223. The molecule has 1 saturated heterocycles. The molecule has 2 aromatic rings. The zero-order chi connectivity index (χ0) is 13.6. The average Bonchev–Trinajstić information content (AvgIpc) is 2.92. The van der Waals surface area contributed by atoms with Crippen LogP contribution in [0.2, 0.25) is 0 Å². The second-order valence-corrected chi connectivity index (χ2v) is 5.90. The number of aliphatic hydroxyl groups is 1. The zero-order valence-corrected chi connectivity index (χ0v) is 11.1. The van der Waals surface area contributed by atoms with Gasteiger partial charge in [0.25, 0.3) is 0 Å². The van der Waals surface area contributed by atoms with Crippen LogP contribution in [0, 0.1) is 5.95 Å². The fraction of sp³-hybridized carbons (Fsp3) is 0.500. The zero-order valence-electron chi connectivity index (χ0n) is 11.1. The molecule has 19 heavy (non-hydrogen) atoms. The number of nitrogens with zero attached hydrogens (tertiary/aromatic N) is 1. The van der Waals surface area contributed by atoms with Crippen LogP contribution in [0.25, 0.3) is 10.9 Å². The van der Waals surface area contributed by atoms with Crippen molar-refractivity contribution in [1.29, 1.82) is 0 Å². The highest BCUT2D eigenvalue weighted by Crippen LogP contribution is 2.33. The minimum atomic E-state index is -0.724. The largest absolute Gasteiger partial charge is 0.387 e. The van der Waals surface area contributed by atoms with Crippen LogP contribution in [0.1, 0.15) is 38.4 Å². The van der Waals surface area contributed by atoms with E-state index in [0.717, 1.165) is 12.8 Å². The second-order valence-electron chi connectivity index (χ2n) is 5.90. The highest BCUT2D eigenvalue weighted by molar-refractivity contribution is 5.82. The van der Waals surface area contributed by atoms with E-state index in [9.17, 15) is 9.50 Å². The molecule has 3 N–H and O–H groups in total. The van der Waals surface area contributed by atoms with Crippen molar-refractivity contribution in [2.75, 3.05) is 0 Å².